The first-order valence-electron chi connectivity index (χ1n) is 21.7. The second-order valence-electron chi connectivity index (χ2n) is 17.9. The normalized spacial score (nSPS) is 28.2. The van der Waals surface area contributed by atoms with Gasteiger partial charge in [0.15, 0.2) is 34.4 Å². The highest BCUT2D eigenvalue weighted by atomic mass is 16.8. The maximum Gasteiger partial charge on any atom is 0.508 e. The maximum atomic E-state index is 13.0. The van der Waals surface area contributed by atoms with Crippen molar-refractivity contribution in [3.8, 4) is 12.1 Å². The third-order valence-electron chi connectivity index (χ3n) is 12.8. The lowest BCUT2D eigenvalue weighted by molar-refractivity contribution is -0.200. The van der Waals surface area contributed by atoms with Crippen LogP contribution in [0.5, 0.6) is 0 Å². The Kier molecular flexibility index (Phi) is 10.7. The van der Waals surface area contributed by atoms with E-state index >= 15 is 0 Å². The molecule has 0 spiro atoms. The van der Waals surface area contributed by atoms with Crippen LogP contribution in [-0.4, -0.2) is 95.8 Å². The fraction of sp³-hybridized carbons (Fsp3) is 0.426. The molecule has 8 atom stereocenters. The van der Waals surface area contributed by atoms with Gasteiger partial charge >= 0.3 is 6.16 Å². The van der Waals surface area contributed by atoms with Gasteiger partial charge in [0.2, 0.25) is 0 Å². The van der Waals surface area contributed by atoms with Gasteiger partial charge in [0.1, 0.15) is 72.5 Å². The molecule has 0 aliphatic carbocycles. The van der Waals surface area contributed by atoms with E-state index < -0.39 is 65.6 Å². The molecule has 0 saturated carbocycles. The molecule has 340 valence electrons. The molecule has 0 bridgehead atoms. The van der Waals surface area contributed by atoms with Gasteiger partial charge in [-0.05, 0) is 74.2 Å². The van der Waals surface area contributed by atoms with Crippen molar-refractivity contribution in [3.05, 3.63) is 119 Å². The number of fused-ring (bicyclic) bond motifs is 4. The highest BCUT2D eigenvalue weighted by Crippen LogP contribution is 2.53. The molecule has 0 amide bonds. The first-order chi connectivity index (χ1) is 31.7. The zero-order chi connectivity index (χ0) is 46.0. The molecular formula is C47H48N10O9. The zero-order valence-electron chi connectivity index (χ0n) is 36.7. The number of nitrogens with two attached hydrogens (primary N) is 2. The van der Waals surface area contributed by atoms with E-state index in [1.165, 1.54) is 12.7 Å². The number of benzene rings is 2. The molecule has 4 unspecified atom stereocenters. The molecule has 2 aromatic carbocycles. The van der Waals surface area contributed by atoms with Crippen LogP contribution in [0.3, 0.4) is 0 Å². The molecule has 4 fully saturated rings. The number of rotatable bonds is 12. The Hall–Kier alpha value is -6.71. The minimum absolute atomic E-state index is 0.0190. The van der Waals surface area contributed by atoms with Crippen LogP contribution in [-0.2, 0) is 63.6 Å². The number of nitrogen functional groups attached to an aromatic ring is 2. The summed E-state index contributed by atoms with van der Waals surface area (Å²) in [5.74, 6) is -1.33. The van der Waals surface area contributed by atoms with Crippen molar-refractivity contribution in [2.24, 2.45) is 0 Å². The van der Waals surface area contributed by atoms with Crippen LogP contribution in [0.4, 0.5) is 16.4 Å². The second kappa shape index (κ2) is 16.3. The van der Waals surface area contributed by atoms with Crippen molar-refractivity contribution in [1.82, 2.24) is 29.2 Å². The Morgan fingerprint density at radius 2 is 1.03 bits per heavy atom. The fourth-order valence-electron chi connectivity index (χ4n) is 9.89. The number of carbonyl (C=O) groups excluding carboxylic acids is 1. The largest absolute Gasteiger partial charge is 0.508 e. The smallest absolute Gasteiger partial charge is 0.434 e. The number of hydrogen-bond acceptors (Lipinski definition) is 17. The van der Waals surface area contributed by atoms with Crippen molar-refractivity contribution >= 4 is 28.8 Å². The van der Waals surface area contributed by atoms with E-state index in [-0.39, 0.29) is 26.1 Å². The average Bonchev–Trinajstić information content (AvgIpc) is 4.14. The van der Waals surface area contributed by atoms with Gasteiger partial charge in [-0.15, -0.1) is 0 Å². The summed E-state index contributed by atoms with van der Waals surface area (Å²) in [6, 6.07) is 27.4. The third kappa shape index (κ3) is 7.53. The lowest BCUT2D eigenvalue weighted by atomic mass is 9.86. The molecule has 19 nitrogen and oxygen atoms in total. The van der Waals surface area contributed by atoms with E-state index in [0.717, 1.165) is 22.3 Å². The van der Waals surface area contributed by atoms with Gasteiger partial charge in [0, 0.05) is 25.7 Å². The summed E-state index contributed by atoms with van der Waals surface area (Å²) in [5, 5.41) is 30.5. The number of anilines is 2. The number of nitriles is 2. The zero-order valence-corrected chi connectivity index (χ0v) is 36.7. The predicted octanol–water partition coefficient (Wildman–Crippen LogP) is 5.07. The Bertz CT molecular complexity index is 2730. The molecular weight excluding hydrogens is 849 g/mol. The molecule has 8 heterocycles. The quantitative estimate of drug-likeness (QED) is 0.152. The SMILES string of the molecule is CC1(C)OC2C(O1)[C@](C#N)(Cc1ccccc1CCOC(=O)OCCc1ccccc1C[C@]1(C#N)O[C@@H](c3ccc4c(N)ncnn34)C3OC(C)(C)OC31)O[C@H]2c1ccc2c(N)ncnn12. The van der Waals surface area contributed by atoms with Crippen LogP contribution in [0.15, 0.2) is 85.5 Å². The summed E-state index contributed by atoms with van der Waals surface area (Å²) in [5.41, 5.74) is 15.3. The average molecular weight is 897 g/mol. The van der Waals surface area contributed by atoms with Crippen molar-refractivity contribution in [3.63, 3.8) is 0 Å². The lowest BCUT2D eigenvalue weighted by Crippen LogP contribution is -2.44. The standard InChI is InChI=1S/C47H48N10O9/c1-44(2)61-37-35(31-13-15-33-41(50)52-25-54-56(31)33)63-46(23-48,39(37)65-44)21-29-11-7-5-9-27(29)17-19-59-43(58)60-20-18-28-10-6-8-12-30(28)22-47(24-49)40-38(62-45(3,4)66-40)36(64-47)32-14-16-34-42(51)53-26-55-57(32)34/h5-16,25-26,35-40H,17-22H2,1-4H3,(H2,50,52,54)(H2,51,53,55)/t35-,36-,37?,38?,39?,40?,46+,47+/m0/s1. The summed E-state index contributed by atoms with van der Waals surface area (Å²) in [6.45, 7) is 7.28. The minimum Gasteiger partial charge on any atom is -0.434 e. The summed E-state index contributed by atoms with van der Waals surface area (Å²) in [6.07, 6.45) is -1.18. The van der Waals surface area contributed by atoms with Crippen LogP contribution in [0.2, 0.25) is 0 Å². The maximum absolute atomic E-state index is 13.0. The number of nitrogens with zero attached hydrogens (tertiary/aromatic N) is 8. The number of carbonyl (C=O) groups is 1. The van der Waals surface area contributed by atoms with Crippen LogP contribution < -0.4 is 11.5 Å². The summed E-state index contributed by atoms with van der Waals surface area (Å²) in [4.78, 5) is 21.2. The number of aromatic nitrogens is 6. The van der Waals surface area contributed by atoms with Crippen molar-refractivity contribution in [2.45, 2.75) is 113 Å². The van der Waals surface area contributed by atoms with E-state index in [4.69, 9.17) is 49.4 Å². The van der Waals surface area contributed by atoms with Gasteiger partial charge < -0.3 is 49.4 Å². The molecule has 10 rings (SSSR count). The van der Waals surface area contributed by atoms with Crippen LogP contribution in [0.25, 0.3) is 11.0 Å². The van der Waals surface area contributed by atoms with E-state index in [9.17, 15) is 15.3 Å². The second-order valence-corrected chi connectivity index (χ2v) is 17.9. The molecule has 6 aromatic rings. The first kappa shape index (κ1) is 43.2. The highest BCUT2D eigenvalue weighted by Gasteiger charge is 2.65. The highest BCUT2D eigenvalue weighted by molar-refractivity contribution is 5.66. The van der Waals surface area contributed by atoms with E-state index in [0.29, 0.717) is 46.9 Å². The number of ether oxygens (including phenoxy) is 8. The van der Waals surface area contributed by atoms with Crippen molar-refractivity contribution < 1.29 is 42.7 Å². The molecule has 19 heteroatoms. The first-order valence-corrected chi connectivity index (χ1v) is 21.7. The monoisotopic (exact) mass is 896 g/mol. The molecule has 66 heavy (non-hydrogen) atoms. The topological polar surface area (TPSA) is 251 Å². The van der Waals surface area contributed by atoms with Gasteiger partial charge in [-0.25, -0.2) is 23.8 Å². The van der Waals surface area contributed by atoms with Gasteiger partial charge in [-0.3, -0.25) is 0 Å². The molecule has 4 saturated heterocycles. The lowest BCUT2D eigenvalue weighted by Gasteiger charge is -2.30. The van der Waals surface area contributed by atoms with Crippen molar-refractivity contribution in [1.29, 1.82) is 10.5 Å². The Balaban J connectivity index is 0.784. The van der Waals surface area contributed by atoms with E-state index in [1.54, 1.807) is 21.2 Å². The van der Waals surface area contributed by atoms with Gasteiger partial charge in [-0.1, -0.05) is 48.5 Å². The van der Waals surface area contributed by atoms with Gasteiger partial charge in [0.05, 0.1) is 24.6 Å². The number of hydrogen-bond donors (Lipinski definition) is 2. The summed E-state index contributed by atoms with van der Waals surface area (Å²) >= 11 is 0. The Morgan fingerprint density at radius 1 is 0.621 bits per heavy atom. The molecule has 0 radical (unpaired) electrons. The molecule has 4 aromatic heterocycles. The molecule has 4 aliphatic rings. The van der Waals surface area contributed by atoms with Crippen molar-refractivity contribution in [2.75, 3.05) is 24.7 Å². The molecule has 4 N–H and O–H groups in total. The Morgan fingerprint density at radius 3 is 1.44 bits per heavy atom. The third-order valence-corrected chi connectivity index (χ3v) is 12.8. The predicted molar refractivity (Wildman–Crippen MR) is 232 cm³/mol. The van der Waals surface area contributed by atoms with E-state index in [2.05, 4.69) is 32.3 Å². The minimum atomic E-state index is -1.44. The van der Waals surface area contributed by atoms with Crippen LogP contribution in [0, 0.1) is 22.7 Å². The van der Waals surface area contributed by atoms with Crippen LogP contribution >= 0.6 is 0 Å². The summed E-state index contributed by atoms with van der Waals surface area (Å²) in [7, 11) is 0. The van der Waals surface area contributed by atoms with Gasteiger partial charge in [0.25, 0.3) is 0 Å². The summed E-state index contributed by atoms with van der Waals surface area (Å²) < 4.78 is 53.3. The Labute approximate surface area is 379 Å². The van der Waals surface area contributed by atoms with E-state index in [1.807, 2.05) is 88.4 Å². The molecule has 4 aliphatic heterocycles. The van der Waals surface area contributed by atoms with Crippen LogP contribution in [0.1, 0.15) is 73.5 Å². The fourth-order valence-corrected chi connectivity index (χ4v) is 9.89. The van der Waals surface area contributed by atoms with Gasteiger partial charge in [-0.2, -0.15) is 20.7 Å².